The smallest absolute Gasteiger partial charge is 0.233 e. The third kappa shape index (κ3) is 1.16. The first kappa shape index (κ1) is 7.21. The largest absolute Gasteiger partial charge is 0.329 e. The first-order valence-corrected chi connectivity index (χ1v) is 3.13. The van der Waals surface area contributed by atoms with Crippen molar-refractivity contribution < 1.29 is 9.59 Å². The Kier molecular flexibility index (Phi) is 2.01. The molecule has 0 bridgehead atoms. The van der Waals surface area contributed by atoms with Crippen molar-refractivity contribution >= 4 is 11.8 Å². The molecule has 1 aliphatic heterocycles. The fraction of sp³-hybridized carbons (Fsp3) is 0.500. The summed E-state index contributed by atoms with van der Waals surface area (Å²) in [4.78, 5) is 22.7. The first-order valence-electron chi connectivity index (χ1n) is 3.13. The number of hydrogen-bond donors (Lipinski definition) is 1. The third-order valence-electron chi connectivity index (χ3n) is 1.37. The Labute approximate surface area is 59.0 Å². The second kappa shape index (κ2) is 2.79. The number of hydrogen-bond acceptors (Lipinski definition) is 3. The van der Waals surface area contributed by atoms with Crippen LogP contribution < -0.4 is 5.73 Å². The first-order chi connectivity index (χ1) is 4.75. The molecule has 1 radical (unpaired) electrons. The highest BCUT2D eigenvalue weighted by molar-refractivity contribution is 6.07. The molecule has 0 atom stereocenters. The van der Waals surface area contributed by atoms with Crippen LogP contribution >= 0.6 is 0 Å². The van der Waals surface area contributed by atoms with E-state index >= 15 is 0 Å². The van der Waals surface area contributed by atoms with E-state index < -0.39 is 0 Å². The lowest BCUT2D eigenvalue weighted by Crippen LogP contribution is -2.33. The van der Waals surface area contributed by atoms with Crippen molar-refractivity contribution in [2.45, 2.75) is 6.42 Å². The molecule has 10 heavy (non-hydrogen) atoms. The zero-order valence-electron chi connectivity index (χ0n) is 5.54. The molecule has 0 aromatic carbocycles. The van der Waals surface area contributed by atoms with Crippen LogP contribution in [0.2, 0.25) is 0 Å². The van der Waals surface area contributed by atoms with Crippen molar-refractivity contribution in [3.63, 3.8) is 0 Å². The van der Waals surface area contributed by atoms with E-state index in [0.717, 1.165) is 0 Å². The summed E-state index contributed by atoms with van der Waals surface area (Å²) in [5.41, 5.74) is 5.17. The molecule has 4 heteroatoms. The van der Waals surface area contributed by atoms with Crippen molar-refractivity contribution in [2.24, 2.45) is 5.73 Å². The molecule has 0 aliphatic carbocycles. The fourth-order valence-electron chi connectivity index (χ4n) is 0.882. The molecule has 0 aromatic heterocycles. The molecule has 55 valence electrons. The lowest BCUT2D eigenvalue weighted by atomic mass is 10.4. The van der Waals surface area contributed by atoms with Gasteiger partial charge in [-0.05, 0) is 0 Å². The van der Waals surface area contributed by atoms with Gasteiger partial charge in [0.25, 0.3) is 0 Å². The molecule has 0 saturated carbocycles. The second-order valence-electron chi connectivity index (χ2n) is 2.08. The van der Waals surface area contributed by atoms with Crippen LogP contribution in [-0.4, -0.2) is 29.8 Å². The van der Waals surface area contributed by atoms with E-state index in [1.54, 1.807) is 0 Å². The van der Waals surface area contributed by atoms with Gasteiger partial charge >= 0.3 is 0 Å². The Bertz CT molecular complexity index is 151. The van der Waals surface area contributed by atoms with Gasteiger partial charge in [-0.1, -0.05) is 0 Å². The lowest BCUT2D eigenvalue weighted by Gasteiger charge is -2.10. The average Bonchev–Trinajstić information content (AvgIpc) is 2.20. The van der Waals surface area contributed by atoms with Crippen molar-refractivity contribution in [2.75, 3.05) is 13.1 Å². The van der Waals surface area contributed by atoms with Gasteiger partial charge in [-0.2, -0.15) is 0 Å². The summed E-state index contributed by atoms with van der Waals surface area (Å²) >= 11 is 0. The van der Waals surface area contributed by atoms with Gasteiger partial charge in [0, 0.05) is 19.5 Å². The SMILES string of the molecule is NCCN1C(=O)[CH]CC1=O. The van der Waals surface area contributed by atoms with Crippen molar-refractivity contribution in [3.05, 3.63) is 6.42 Å². The molecule has 0 spiro atoms. The molecule has 1 fully saturated rings. The van der Waals surface area contributed by atoms with E-state index in [2.05, 4.69) is 0 Å². The predicted molar refractivity (Wildman–Crippen MR) is 34.7 cm³/mol. The highest BCUT2D eigenvalue weighted by Crippen LogP contribution is 2.08. The summed E-state index contributed by atoms with van der Waals surface area (Å²) in [6.07, 6.45) is 1.61. The predicted octanol–water partition coefficient (Wildman–Crippen LogP) is -1.09. The van der Waals surface area contributed by atoms with Gasteiger partial charge in [0.05, 0.1) is 6.42 Å². The van der Waals surface area contributed by atoms with Gasteiger partial charge in [-0.25, -0.2) is 0 Å². The van der Waals surface area contributed by atoms with Gasteiger partial charge in [-0.3, -0.25) is 14.5 Å². The third-order valence-corrected chi connectivity index (χ3v) is 1.37. The van der Waals surface area contributed by atoms with Gasteiger partial charge in [-0.15, -0.1) is 0 Å². The van der Waals surface area contributed by atoms with Gasteiger partial charge in [0.1, 0.15) is 0 Å². The number of nitrogens with two attached hydrogens (primary N) is 1. The molecule has 1 saturated heterocycles. The highest BCUT2D eigenvalue weighted by atomic mass is 16.2. The van der Waals surface area contributed by atoms with Crippen LogP contribution in [0.25, 0.3) is 0 Å². The van der Waals surface area contributed by atoms with Crippen LogP contribution in [0.15, 0.2) is 0 Å². The van der Waals surface area contributed by atoms with E-state index in [1.165, 1.54) is 11.3 Å². The minimum absolute atomic E-state index is 0.143. The summed E-state index contributed by atoms with van der Waals surface area (Å²) in [5.74, 6) is -0.356. The fourth-order valence-corrected chi connectivity index (χ4v) is 0.882. The van der Waals surface area contributed by atoms with Gasteiger partial charge < -0.3 is 5.73 Å². The number of amides is 2. The zero-order chi connectivity index (χ0) is 7.56. The maximum atomic E-state index is 10.8. The van der Waals surface area contributed by atoms with E-state index in [0.29, 0.717) is 13.1 Å². The summed E-state index contributed by atoms with van der Waals surface area (Å²) < 4.78 is 0. The van der Waals surface area contributed by atoms with Crippen LogP contribution in [0.1, 0.15) is 6.42 Å². The lowest BCUT2D eigenvalue weighted by molar-refractivity contribution is -0.137. The molecular weight excluding hydrogens is 132 g/mol. The van der Waals surface area contributed by atoms with Crippen LogP contribution in [0.4, 0.5) is 0 Å². The minimum Gasteiger partial charge on any atom is -0.329 e. The quantitative estimate of drug-likeness (QED) is 0.497. The molecule has 2 amide bonds. The number of imide groups is 1. The van der Waals surface area contributed by atoms with E-state index in [9.17, 15) is 9.59 Å². The summed E-state index contributed by atoms with van der Waals surface area (Å²) in [6, 6.07) is 0. The molecule has 2 N–H and O–H groups in total. The zero-order valence-corrected chi connectivity index (χ0v) is 5.54. The molecule has 1 heterocycles. The topological polar surface area (TPSA) is 63.4 Å². The Morgan fingerprint density at radius 2 is 2.30 bits per heavy atom. The van der Waals surface area contributed by atoms with Gasteiger partial charge in [0.15, 0.2) is 0 Å². The van der Waals surface area contributed by atoms with Crippen LogP contribution in [-0.2, 0) is 9.59 Å². The standard InChI is InChI=1S/C6H9N2O2/c7-3-4-8-5(9)1-2-6(8)10/h1H,2-4,7H2. The van der Waals surface area contributed by atoms with Crippen LogP contribution in [0.5, 0.6) is 0 Å². The summed E-state index contributed by atoms with van der Waals surface area (Å²) in [6.45, 7) is 0.680. The van der Waals surface area contributed by atoms with E-state index in [4.69, 9.17) is 5.73 Å². The Hall–Kier alpha value is -0.900. The number of rotatable bonds is 2. The van der Waals surface area contributed by atoms with Crippen molar-refractivity contribution in [1.29, 1.82) is 0 Å². The number of nitrogens with zero attached hydrogens (tertiary/aromatic N) is 1. The normalized spacial score (nSPS) is 18.7. The van der Waals surface area contributed by atoms with Crippen molar-refractivity contribution in [1.82, 2.24) is 4.90 Å². The van der Waals surface area contributed by atoms with Crippen LogP contribution in [0.3, 0.4) is 0 Å². The van der Waals surface area contributed by atoms with Gasteiger partial charge in [0.2, 0.25) is 11.8 Å². The molecular formula is C6H9N2O2. The molecule has 0 aromatic rings. The Morgan fingerprint density at radius 3 is 2.70 bits per heavy atom. The van der Waals surface area contributed by atoms with Crippen LogP contribution in [0, 0.1) is 6.42 Å². The molecule has 1 aliphatic rings. The average molecular weight is 141 g/mol. The van der Waals surface area contributed by atoms with Crippen molar-refractivity contribution in [3.8, 4) is 0 Å². The summed E-state index contributed by atoms with van der Waals surface area (Å²) in [7, 11) is 0. The van der Waals surface area contributed by atoms with E-state index in [-0.39, 0.29) is 18.2 Å². The van der Waals surface area contributed by atoms with E-state index in [1.807, 2.05) is 0 Å². The second-order valence-corrected chi connectivity index (χ2v) is 2.08. The molecule has 4 nitrogen and oxygen atoms in total. The highest BCUT2D eigenvalue weighted by Gasteiger charge is 2.27. The maximum absolute atomic E-state index is 10.8. The Morgan fingerprint density at radius 1 is 1.60 bits per heavy atom. The molecule has 0 unspecified atom stereocenters. The minimum atomic E-state index is -0.213. The maximum Gasteiger partial charge on any atom is 0.233 e. The molecule has 1 rings (SSSR count). The number of likely N-dealkylation sites (tertiary alicyclic amines) is 1. The Balaban J connectivity index is 2.54. The summed E-state index contributed by atoms with van der Waals surface area (Å²) in [5, 5.41) is 0. The monoisotopic (exact) mass is 141 g/mol. The number of carbonyl (C=O) groups excluding carboxylic acids is 2. The number of carbonyl (C=O) groups is 2.